The summed E-state index contributed by atoms with van der Waals surface area (Å²) in [4.78, 5) is -0.533. The lowest BCUT2D eigenvalue weighted by Gasteiger charge is -2.14. The molecular formula is C25H21F6N3O3S. The molecule has 1 heterocycles. The zero-order valence-corrected chi connectivity index (χ0v) is 20.7. The van der Waals surface area contributed by atoms with Crippen molar-refractivity contribution in [1.29, 1.82) is 0 Å². The fourth-order valence-corrected chi connectivity index (χ4v) is 5.38. The highest BCUT2D eigenvalue weighted by Crippen LogP contribution is 2.34. The Labute approximate surface area is 213 Å². The molecule has 4 rings (SSSR count). The van der Waals surface area contributed by atoms with Gasteiger partial charge in [0.25, 0.3) is 10.0 Å². The maximum atomic E-state index is 13.5. The van der Waals surface area contributed by atoms with Crippen LogP contribution in [-0.4, -0.2) is 25.8 Å². The van der Waals surface area contributed by atoms with Crippen molar-refractivity contribution in [3.8, 4) is 5.75 Å². The number of rotatable bonds is 7. The van der Waals surface area contributed by atoms with Gasteiger partial charge >= 0.3 is 12.5 Å². The quantitative estimate of drug-likeness (QED) is 0.252. The van der Waals surface area contributed by atoms with Crippen LogP contribution in [0.4, 0.5) is 37.7 Å². The lowest BCUT2D eigenvalue weighted by molar-refractivity contribution is -0.274. The molecule has 38 heavy (non-hydrogen) atoms. The normalized spacial score (nSPS) is 12.6. The van der Waals surface area contributed by atoms with E-state index >= 15 is 0 Å². The number of halogens is 6. The largest absolute Gasteiger partial charge is 0.573 e. The fourth-order valence-electron chi connectivity index (χ4n) is 3.95. The summed E-state index contributed by atoms with van der Waals surface area (Å²) >= 11 is 0. The summed E-state index contributed by atoms with van der Waals surface area (Å²) in [5, 5.41) is 6.51. The minimum atomic E-state index is -4.84. The zero-order valence-electron chi connectivity index (χ0n) is 19.9. The lowest BCUT2D eigenvalue weighted by atomic mass is 10.1. The highest BCUT2D eigenvalue weighted by molar-refractivity contribution is 7.90. The van der Waals surface area contributed by atoms with Gasteiger partial charge in [0, 0.05) is 29.5 Å². The first-order valence-electron chi connectivity index (χ1n) is 11.0. The van der Waals surface area contributed by atoms with E-state index in [0.717, 1.165) is 28.2 Å². The van der Waals surface area contributed by atoms with Gasteiger partial charge in [-0.05, 0) is 73.6 Å². The van der Waals surface area contributed by atoms with Gasteiger partial charge in [-0.3, -0.25) is 0 Å². The summed E-state index contributed by atoms with van der Waals surface area (Å²) in [6.07, 6.45) is -8.22. The number of aryl methyl sites for hydroxylation is 1. The van der Waals surface area contributed by atoms with Gasteiger partial charge < -0.3 is 15.4 Å². The second kappa shape index (κ2) is 9.87. The van der Waals surface area contributed by atoms with Gasteiger partial charge in [0.2, 0.25) is 0 Å². The van der Waals surface area contributed by atoms with E-state index in [1.807, 2.05) is 0 Å². The van der Waals surface area contributed by atoms with E-state index in [2.05, 4.69) is 15.4 Å². The van der Waals surface area contributed by atoms with Gasteiger partial charge in [0.15, 0.2) is 0 Å². The Kier molecular flexibility index (Phi) is 7.10. The van der Waals surface area contributed by atoms with Gasteiger partial charge in [0.1, 0.15) is 5.75 Å². The Morgan fingerprint density at radius 3 is 2.32 bits per heavy atom. The van der Waals surface area contributed by atoms with Crippen molar-refractivity contribution in [1.82, 2.24) is 9.29 Å². The third-order valence-corrected chi connectivity index (χ3v) is 7.32. The highest BCUT2D eigenvalue weighted by Gasteiger charge is 2.33. The van der Waals surface area contributed by atoms with E-state index in [9.17, 15) is 34.8 Å². The number of hydrogen-bond donors (Lipinski definition) is 2. The molecule has 0 amide bonds. The lowest BCUT2D eigenvalue weighted by Crippen LogP contribution is -2.17. The molecule has 1 aromatic heterocycles. The Morgan fingerprint density at radius 1 is 0.947 bits per heavy atom. The van der Waals surface area contributed by atoms with Crippen molar-refractivity contribution in [3.63, 3.8) is 0 Å². The van der Waals surface area contributed by atoms with Crippen LogP contribution in [0.3, 0.4) is 0 Å². The number of hydrogen-bond acceptors (Lipinski definition) is 5. The maximum absolute atomic E-state index is 13.5. The summed E-state index contributed by atoms with van der Waals surface area (Å²) in [5.74, 6) is -0.395. The van der Waals surface area contributed by atoms with Crippen molar-refractivity contribution >= 4 is 32.3 Å². The second-order valence-electron chi connectivity index (χ2n) is 8.39. The zero-order chi connectivity index (χ0) is 27.9. The molecule has 0 bridgehead atoms. The van der Waals surface area contributed by atoms with Gasteiger partial charge in [-0.15, -0.1) is 13.2 Å². The molecule has 202 valence electrons. The predicted octanol–water partition coefficient (Wildman–Crippen LogP) is 6.57. The van der Waals surface area contributed by atoms with E-state index in [-0.39, 0.29) is 12.1 Å². The Bertz CT molecular complexity index is 1590. The molecule has 0 spiro atoms. The molecule has 0 aliphatic rings. The molecule has 0 saturated heterocycles. The minimum Gasteiger partial charge on any atom is -0.406 e. The molecule has 0 fully saturated rings. The van der Waals surface area contributed by atoms with E-state index in [1.54, 1.807) is 26.1 Å². The van der Waals surface area contributed by atoms with Crippen molar-refractivity contribution in [2.24, 2.45) is 0 Å². The molecule has 2 N–H and O–H groups in total. The van der Waals surface area contributed by atoms with Crippen LogP contribution >= 0.6 is 0 Å². The Morgan fingerprint density at radius 2 is 1.68 bits per heavy atom. The summed E-state index contributed by atoms with van der Waals surface area (Å²) in [7, 11) is -2.77. The second-order valence-corrected chi connectivity index (χ2v) is 10.2. The molecular weight excluding hydrogens is 536 g/mol. The van der Waals surface area contributed by atoms with Gasteiger partial charge in [-0.2, -0.15) is 13.2 Å². The monoisotopic (exact) mass is 557 g/mol. The van der Waals surface area contributed by atoms with Crippen LogP contribution in [0.25, 0.3) is 10.9 Å². The SMILES string of the molecule is CNCc1cn(S(=O)(=O)c2cccc(C(F)(F)F)c2)c2cc(Nc3ccc(OC(F)(F)F)cc3C)ccc12. The van der Waals surface area contributed by atoms with Crippen LogP contribution in [0.5, 0.6) is 5.75 Å². The van der Waals surface area contributed by atoms with Gasteiger partial charge in [-0.25, -0.2) is 12.4 Å². The third-order valence-electron chi connectivity index (χ3n) is 5.65. The number of aromatic nitrogens is 1. The molecule has 0 unspecified atom stereocenters. The molecule has 0 radical (unpaired) electrons. The van der Waals surface area contributed by atoms with Crippen LogP contribution in [0.1, 0.15) is 16.7 Å². The molecule has 0 aliphatic heterocycles. The average molecular weight is 558 g/mol. The molecule has 6 nitrogen and oxygen atoms in total. The molecule has 3 aromatic carbocycles. The molecule has 0 saturated carbocycles. The van der Waals surface area contributed by atoms with Gasteiger partial charge in [-0.1, -0.05) is 12.1 Å². The maximum Gasteiger partial charge on any atom is 0.573 e. The van der Waals surface area contributed by atoms with Crippen LogP contribution in [0, 0.1) is 6.92 Å². The number of nitrogens with zero attached hydrogens (tertiary/aromatic N) is 1. The van der Waals surface area contributed by atoms with Crippen molar-refractivity contribution in [3.05, 3.63) is 83.6 Å². The van der Waals surface area contributed by atoms with E-state index in [4.69, 9.17) is 0 Å². The topological polar surface area (TPSA) is 72.4 Å². The van der Waals surface area contributed by atoms with Crippen LogP contribution in [-0.2, 0) is 22.7 Å². The van der Waals surface area contributed by atoms with Crippen LogP contribution < -0.4 is 15.4 Å². The smallest absolute Gasteiger partial charge is 0.406 e. The number of benzene rings is 3. The first-order valence-corrected chi connectivity index (χ1v) is 12.5. The summed E-state index contributed by atoms with van der Waals surface area (Å²) in [6, 6.07) is 12.0. The summed E-state index contributed by atoms with van der Waals surface area (Å²) in [5.41, 5.74) is 0.964. The van der Waals surface area contributed by atoms with Crippen LogP contribution in [0.2, 0.25) is 0 Å². The van der Waals surface area contributed by atoms with Crippen LogP contribution in [0.15, 0.2) is 71.8 Å². The fraction of sp³-hybridized carbons (Fsp3) is 0.200. The van der Waals surface area contributed by atoms with E-state index in [1.165, 1.54) is 24.4 Å². The van der Waals surface area contributed by atoms with Crippen molar-refractivity contribution in [2.45, 2.75) is 30.9 Å². The standard InChI is InChI=1S/C25H21F6N3O3S/c1-15-10-19(37-25(29,30)31)7-9-22(15)33-18-6-8-21-16(13-32-2)14-34(23(21)12-18)38(35,36)20-5-3-4-17(11-20)24(26,27)28/h3-12,14,32-33H,13H2,1-2H3. The summed E-state index contributed by atoms with van der Waals surface area (Å²) < 4.78 is 109. The summed E-state index contributed by atoms with van der Waals surface area (Å²) in [6.45, 7) is 1.85. The number of nitrogens with one attached hydrogen (secondary N) is 2. The van der Waals surface area contributed by atoms with Crippen molar-refractivity contribution in [2.75, 3.05) is 12.4 Å². The van der Waals surface area contributed by atoms with Gasteiger partial charge in [0.05, 0.1) is 16.0 Å². The number of alkyl halides is 6. The first kappa shape index (κ1) is 27.3. The van der Waals surface area contributed by atoms with E-state index in [0.29, 0.717) is 34.0 Å². The molecule has 0 aliphatic carbocycles. The molecule has 0 atom stereocenters. The number of ether oxygens (including phenoxy) is 1. The van der Waals surface area contributed by atoms with Crippen molar-refractivity contribution < 1.29 is 39.5 Å². The minimum absolute atomic E-state index is 0.201. The molecule has 13 heteroatoms. The highest BCUT2D eigenvalue weighted by atomic mass is 32.2. The average Bonchev–Trinajstić information content (AvgIpc) is 3.18. The Balaban J connectivity index is 1.77. The Hall–Kier alpha value is -3.71. The number of anilines is 2. The first-order chi connectivity index (χ1) is 17.7. The third kappa shape index (κ3) is 5.73. The van der Waals surface area contributed by atoms with E-state index < -0.39 is 38.8 Å². The predicted molar refractivity (Wildman–Crippen MR) is 130 cm³/mol. The molecule has 4 aromatic rings. The number of fused-ring (bicyclic) bond motifs is 1.